The van der Waals surface area contributed by atoms with E-state index in [0.29, 0.717) is 48.6 Å². The Hall–Kier alpha value is -3.11. The van der Waals surface area contributed by atoms with Gasteiger partial charge in [-0.15, -0.1) is 22.7 Å². The minimum Gasteiger partial charge on any atom is -0.507 e. The lowest BCUT2D eigenvalue weighted by Crippen LogP contribution is -2.03. The smallest absolute Gasteiger partial charge is 0.350 e. The Morgan fingerprint density at radius 2 is 1.42 bits per heavy atom. The van der Waals surface area contributed by atoms with Crippen molar-refractivity contribution in [2.24, 2.45) is 0 Å². The maximum Gasteiger partial charge on any atom is 0.350 e. The number of thiazole rings is 2. The molecule has 2 heterocycles. The number of phenolic OH excluding ortho intramolecular Hbond substituents is 1. The molecule has 0 radical (unpaired) electrons. The van der Waals surface area contributed by atoms with E-state index in [0.717, 1.165) is 22.7 Å². The van der Waals surface area contributed by atoms with Crippen molar-refractivity contribution in [3.05, 3.63) is 38.8 Å². The predicted molar refractivity (Wildman–Crippen MR) is 117 cm³/mol. The zero-order valence-corrected chi connectivity index (χ0v) is 19.0. The molecule has 3 aromatic rings. The van der Waals surface area contributed by atoms with Gasteiger partial charge in [-0.3, -0.25) is 4.79 Å². The second kappa shape index (κ2) is 9.36. The molecule has 0 saturated heterocycles. The first-order valence-corrected chi connectivity index (χ1v) is 11.1. The molecule has 8 nitrogen and oxygen atoms in total. The van der Waals surface area contributed by atoms with Gasteiger partial charge in [-0.2, -0.15) is 0 Å². The second-order valence-electron chi connectivity index (χ2n) is 6.38. The van der Waals surface area contributed by atoms with E-state index < -0.39 is 11.9 Å². The molecule has 162 valence electrons. The van der Waals surface area contributed by atoms with Crippen LogP contribution in [0.25, 0.3) is 21.1 Å². The zero-order chi connectivity index (χ0) is 22.7. The molecular weight excluding hydrogens is 440 g/mol. The zero-order valence-electron chi connectivity index (χ0n) is 17.3. The number of nitrogens with zero attached hydrogens (tertiary/aromatic N) is 2. The number of aldehydes is 1. The van der Waals surface area contributed by atoms with Crippen LogP contribution >= 0.6 is 22.7 Å². The van der Waals surface area contributed by atoms with Crippen LogP contribution in [0, 0.1) is 13.8 Å². The van der Waals surface area contributed by atoms with Gasteiger partial charge in [-0.25, -0.2) is 19.6 Å². The third-order valence-corrected chi connectivity index (χ3v) is 6.61. The summed E-state index contributed by atoms with van der Waals surface area (Å²) >= 11 is 2.19. The van der Waals surface area contributed by atoms with Crippen LogP contribution in [0.2, 0.25) is 0 Å². The number of phenols is 1. The molecule has 0 atom stereocenters. The minimum atomic E-state index is -0.484. The molecule has 0 bridgehead atoms. The number of hydrogen-bond donors (Lipinski definition) is 1. The lowest BCUT2D eigenvalue weighted by atomic mass is 10.0. The lowest BCUT2D eigenvalue weighted by Gasteiger charge is -2.07. The van der Waals surface area contributed by atoms with Gasteiger partial charge >= 0.3 is 11.9 Å². The summed E-state index contributed by atoms with van der Waals surface area (Å²) in [5, 5.41) is 11.3. The molecule has 2 aromatic heterocycles. The number of hydrogen-bond acceptors (Lipinski definition) is 10. The van der Waals surface area contributed by atoms with Crippen molar-refractivity contribution >= 4 is 40.9 Å². The van der Waals surface area contributed by atoms with Crippen LogP contribution in [-0.2, 0) is 9.47 Å². The average Bonchev–Trinajstić information content (AvgIpc) is 3.31. The molecule has 3 rings (SSSR count). The second-order valence-corrected chi connectivity index (χ2v) is 8.38. The fraction of sp³-hybridized carbons (Fsp3) is 0.286. The quantitative estimate of drug-likeness (QED) is 0.407. The van der Waals surface area contributed by atoms with Gasteiger partial charge in [-0.1, -0.05) is 0 Å². The molecule has 1 aromatic carbocycles. The van der Waals surface area contributed by atoms with E-state index in [9.17, 15) is 19.5 Å². The highest BCUT2D eigenvalue weighted by Gasteiger charge is 2.23. The topological polar surface area (TPSA) is 116 Å². The summed E-state index contributed by atoms with van der Waals surface area (Å²) in [6, 6.07) is 2.90. The molecule has 0 saturated carbocycles. The maximum absolute atomic E-state index is 12.2. The molecule has 31 heavy (non-hydrogen) atoms. The van der Waals surface area contributed by atoms with Crippen molar-refractivity contribution < 1.29 is 29.0 Å². The third-order valence-electron chi connectivity index (χ3n) is 4.27. The van der Waals surface area contributed by atoms with E-state index in [1.165, 1.54) is 6.07 Å². The summed E-state index contributed by atoms with van der Waals surface area (Å²) in [5.74, 6) is -1.12. The van der Waals surface area contributed by atoms with E-state index in [2.05, 4.69) is 9.97 Å². The van der Waals surface area contributed by atoms with Crippen molar-refractivity contribution in [3.63, 3.8) is 0 Å². The molecule has 0 aliphatic rings. The maximum atomic E-state index is 12.2. The number of carbonyl (C=O) groups is 3. The first-order valence-electron chi connectivity index (χ1n) is 9.42. The Labute approximate surface area is 186 Å². The van der Waals surface area contributed by atoms with Gasteiger partial charge in [0.1, 0.15) is 25.5 Å². The van der Waals surface area contributed by atoms with Crippen molar-refractivity contribution in [1.29, 1.82) is 0 Å². The van der Waals surface area contributed by atoms with E-state index >= 15 is 0 Å². The Bertz CT molecular complexity index is 1170. The van der Waals surface area contributed by atoms with Crippen LogP contribution in [0.4, 0.5) is 0 Å². The number of ether oxygens (including phenoxy) is 2. The molecule has 1 N–H and O–H groups in total. The van der Waals surface area contributed by atoms with Crippen molar-refractivity contribution in [2.45, 2.75) is 27.7 Å². The Morgan fingerprint density at radius 3 is 1.87 bits per heavy atom. The summed E-state index contributed by atoms with van der Waals surface area (Å²) in [6.45, 7) is 7.27. The predicted octanol–water partition coefficient (Wildman–Crippen LogP) is 4.42. The molecule has 0 amide bonds. The molecule has 0 spiro atoms. The first kappa shape index (κ1) is 22.6. The number of esters is 2. The van der Waals surface area contributed by atoms with Gasteiger partial charge in [0, 0.05) is 11.1 Å². The average molecular weight is 461 g/mol. The summed E-state index contributed by atoms with van der Waals surface area (Å²) in [4.78, 5) is 45.4. The van der Waals surface area contributed by atoms with E-state index in [-0.39, 0.29) is 24.5 Å². The number of aryl methyl sites for hydroxylation is 2. The van der Waals surface area contributed by atoms with Crippen molar-refractivity contribution in [1.82, 2.24) is 9.97 Å². The van der Waals surface area contributed by atoms with Crippen LogP contribution in [-0.4, -0.2) is 46.5 Å². The van der Waals surface area contributed by atoms with Gasteiger partial charge < -0.3 is 14.6 Å². The molecule has 0 unspecified atom stereocenters. The molecule has 0 aliphatic carbocycles. The van der Waals surface area contributed by atoms with Gasteiger partial charge in [0.2, 0.25) is 0 Å². The highest BCUT2D eigenvalue weighted by molar-refractivity contribution is 7.17. The molecule has 0 fully saturated rings. The summed E-state index contributed by atoms with van der Waals surface area (Å²) < 4.78 is 10.1. The summed E-state index contributed by atoms with van der Waals surface area (Å²) in [5.41, 5.74) is 1.96. The van der Waals surface area contributed by atoms with E-state index in [1.54, 1.807) is 33.8 Å². The number of rotatable bonds is 7. The van der Waals surface area contributed by atoms with Crippen LogP contribution in [0.15, 0.2) is 12.1 Å². The van der Waals surface area contributed by atoms with Gasteiger partial charge in [0.05, 0.1) is 30.2 Å². The Balaban J connectivity index is 2.11. The van der Waals surface area contributed by atoms with Gasteiger partial charge in [0.25, 0.3) is 0 Å². The van der Waals surface area contributed by atoms with E-state index in [4.69, 9.17) is 9.47 Å². The largest absolute Gasteiger partial charge is 0.507 e. The van der Waals surface area contributed by atoms with Crippen molar-refractivity contribution in [2.75, 3.05) is 13.2 Å². The lowest BCUT2D eigenvalue weighted by molar-refractivity contribution is 0.0521. The number of aromatic hydroxyl groups is 1. The fourth-order valence-electron chi connectivity index (χ4n) is 2.85. The van der Waals surface area contributed by atoms with Gasteiger partial charge in [-0.05, 0) is 39.8 Å². The standard InChI is InChI=1S/C21H20N2O6S2/c1-5-28-20(26)16-10(3)22-18(30-16)13-8-14(15(25)7-12(13)9-24)19-23-11(4)17(31-19)21(27)29-6-2/h7-9,25H,5-6H2,1-4H3. The summed E-state index contributed by atoms with van der Waals surface area (Å²) in [6.07, 6.45) is 0.608. The number of benzene rings is 1. The van der Waals surface area contributed by atoms with Crippen LogP contribution in [0.5, 0.6) is 5.75 Å². The fourth-order valence-corrected chi connectivity index (χ4v) is 4.84. The monoisotopic (exact) mass is 460 g/mol. The minimum absolute atomic E-state index is 0.158. The molecule has 0 aliphatic heterocycles. The van der Waals surface area contributed by atoms with Crippen molar-refractivity contribution in [3.8, 4) is 26.9 Å². The normalized spacial score (nSPS) is 10.7. The molecular formula is C21H20N2O6S2. The summed E-state index contributed by atoms with van der Waals surface area (Å²) in [7, 11) is 0. The van der Waals surface area contributed by atoms with Crippen LogP contribution in [0.1, 0.15) is 54.9 Å². The highest BCUT2D eigenvalue weighted by Crippen LogP contribution is 2.40. The molecule has 10 heteroatoms. The number of carbonyl (C=O) groups excluding carboxylic acids is 3. The van der Waals surface area contributed by atoms with Gasteiger partial charge in [0.15, 0.2) is 6.29 Å². The first-order chi connectivity index (χ1) is 14.8. The number of aromatic nitrogens is 2. The van der Waals surface area contributed by atoms with Crippen LogP contribution in [0.3, 0.4) is 0 Å². The Kier molecular flexibility index (Phi) is 6.81. The van der Waals surface area contributed by atoms with E-state index in [1.807, 2.05) is 0 Å². The Morgan fingerprint density at radius 1 is 0.935 bits per heavy atom. The van der Waals surface area contributed by atoms with Crippen LogP contribution < -0.4 is 0 Å². The highest BCUT2D eigenvalue weighted by atomic mass is 32.1. The SMILES string of the molecule is CCOC(=O)c1sc(-c2cc(-c3nc(C)c(C(=O)OCC)s3)c(C=O)cc2O)nc1C. The third kappa shape index (κ3) is 4.49.